The van der Waals surface area contributed by atoms with Gasteiger partial charge in [-0.1, -0.05) is 6.07 Å². The fourth-order valence-electron chi connectivity index (χ4n) is 4.11. The minimum atomic E-state index is -0.118. The first kappa shape index (κ1) is 14.6. The molecule has 2 aliphatic carbocycles. The highest BCUT2D eigenvalue weighted by atomic mass is 79.9. The molecule has 0 unspecified atom stereocenters. The fraction of sp³-hybridized carbons (Fsp3) is 0.611. The van der Waals surface area contributed by atoms with Crippen molar-refractivity contribution in [2.24, 2.45) is 11.8 Å². The number of hydrogen-bond acceptors (Lipinski definition) is 0. The van der Waals surface area contributed by atoms with Crippen molar-refractivity contribution in [3.05, 3.63) is 40.5 Å². The zero-order valence-corrected chi connectivity index (χ0v) is 13.5. The average molecular weight is 338 g/mol. The van der Waals surface area contributed by atoms with Crippen LogP contribution in [0.2, 0.25) is 0 Å². The molecular formula is C18H23BrF. The maximum atomic E-state index is 13.7. The molecule has 0 N–H and O–H groups in total. The van der Waals surface area contributed by atoms with Crippen molar-refractivity contribution < 1.29 is 4.39 Å². The molecule has 3 rings (SSSR count). The zero-order valence-electron chi connectivity index (χ0n) is 12.0. The summed E-state index contributed by atoms with van der Waals surface area (Å²) in [6.45, 7) is 0. The van der Waals surface area contributed by atoms with E-state index in [-0.39, 0.29) is 5.82 Å². The third kappa shape index (κ3) is 3.27. The second kappa shape index (κ2) is 6.60. The van der Waals surface area contributed by atoms with Gasteiger partial charge >= 0.3 is 0 Å². The summed E-state index contributed by atoms with van der Waals surface area (Å²) >= 11 is 3.24. The van der Waals surface area contributed by atoms with Gasteiger partial charge in [0.25, 0.3) is 0 Å². The summed E-state index contributed by atoms with van der Waals surface area (Å²) < 4.78 is 14.2. The molecule has 109 valence electrons. The van der Waals surface area contributed by atoms with Crippen LogP contribution in [0.5, 0.6) is 0 Å². The lowest BCUT2D eigenvalue weighted by atomic mass is 9.70. The summed E-state index contributed by atoms with van der Waals surface area (Å²) in [5.41, 5.74) is 1.20. The molecule has 0 spiro atoms. The van der Waals surface area contributed by atoms with Gasteiger partial charge in [0.15, 0.2) is 0 Å². The van der Waals surface area contributed by atoms with Crippen LogP contribution in [0.3, 0.4) is 0 Å². The normalized spacial score (nSPS) is 28.5. The molecule has 1 aromatic carbocycles. The molecule has 2 fully saturated rings. The van der Waals surface area contributed by atoms with E-state index in [1.807, 2.05) is 6.07 Å². The lowest BCUT2D eigenvalue weighted by Gasteiger charge is -2.36. The Balaban J connectivity index is 1.58. The van der Waals surface area contributed by atoms with Gasteiger partial charge in [-0.25, -0.2) is 4.39 Å². The third-order valence-corrected chi connectivity index (χ3v) is 5.98. The molecule has 1 radical (unpaired) electrons. The molecule has 2 aliphatic rings. The number of hydrogen-bond donors (Lipinski definition) is 0. The molecule has 0 atom stereocenters. The summed E-state index contributed by atoms with van der Waals surface area (Å²) in [4.78, 5) is 0. The van der Waals surface area contributed by atoms with Gasteiger partial charge in [-0.3, -0.25) is 0 Å². The van der Waals surface area contributed by atoms with E-state index in [9.17, 15) is 4.39 Å². The Kier molecular flexibility index (Phi) is 4.80. The molecule has 2 saturated carbocycles. The Hall–Kier alpha value is -0.370. The predicted octanol–water partition coefficient (Wildman–Crippen LogP) is 6.26. The minimum Gasteiger partial charge on any atom is -0.206 e. The summed E-state index contributed by atoms with van der Waals surface area (Å²) in [6.07, 6.45) is 13.1. The van der Waals surface area contributed by atoms with E-state index in [1.54, 1.807) is 6.07 Å². The quantitative estimate of drug-likeness (QED) is 0.597. The van der Waals surface area contributed by atoms with Gasteiger partial charge in [0, 0.05) is 0 Å². The van der Waals surface area contributed by atoms with Crippen LogP contribution in [0.15, 0.2) is 22.7 Å². The van der Waals surface area contributed by atoms with E-state index in [1.165, 1.54) is 56.9 Å². The van der Waals surface area contributed by atoms with Crippen LogP contribution in [0.4, 0.5) is 4.39 Å². The zero-order chi connectivity index (χ0) is 13.9. The van der Waals surface area contributed by atoms with Gasteiger partial charge < -0.3 is 0 Å². The van der Waals surface area contributed by atoms with Crippen molar-refractivity contribution in [1.82, 2.24) is 0 Å². The van der Waals surface area contributed by atoms with Crippen molar-refractivity contribution in [2.75, 3.05) is 0 Å². The SMILES string of the molecule is Fc1cc([C@H]2CC[C@H](C3CC[CH]CC3)CC2)ccc1Br. The topological polar surface area (TPSA) is 0 Å². The lowest BCUT2D eigenvalue weighted by Crippen LogP contribution is -2.23. The highest BCUT2D eigenvalue weighted by molar-refractivity contribution is 9.10. The first-order chi connectivity index (χ1) is 9.74. The van der Waals surface area contributed by atoms with E-state index < -0.39 is 0 Å². The smallest absolute Gasteiger partial charge is 0.137 e. The second-order valence-corrected chi connectivity index (χ2v) is 7.34. The first-order valence-corrected chi connectivity index (χ1v) is 8.80. The number of halogens is 2. The van der Waals surface area contributed by atoms with Gasteiger partial charge in [-0.15, -0.1) is 0 Å². The second-order valence-electron chi connectivity index (χ2n) is 6.49. The molecule has 0 bridgehead atoms. The van der Waals surface area contributed by atoms with Crippen LogP contribution in [-0.2, 0) is 0 Å². The van der Waals surface area contributed by atoms with E-state index >= 15 is 0 Å². The molecular weight excluding hydrogens is 315 g/mol. The van der Waals surface area contributed by atoms with E-state index in [0.29, 0.717) is 10.4 Å². The summed E-state index contributed by atoms with van der Waals surface area (Å²) in [7, 11) is 0. The highest BCUT2D eigenvalue weighted by Gasteiger charge is 2.29. The van der Waals surface area contributed by atoms with Crippen LogP contribution in [0.1, 0.15) is 62.8 Å². The van der Waals surface area contributed by atoms with Crippen LogP contribution in [-0.4, -0.2) is 0 Å². The Bertz CT molecular complexity index is 443. The number of rotatable bonds is 2. The molecule has 0 saturated heterocycles. The van der Waals surface area contributed by atoms with E-state index in [2.05, 4.69) is 28.4 Å². The Morgan fingerprint density at radius 1 is 0.900 bits per heavy atom. The molecule has 0 aliphatic heterocycles. The van der Waals surface area contributed by atoms with Crippen LogP contribution < -0.4 is 0 Å². The summed E-state index contributed by atoms with van der Waals surface area (Å²) in [5, 5.41) is 0. The Morgan fingerprint density at radius 3 is 2.20 bits per heavy atom. The predicted molar refractivity (Wildman–Crippen MR) is 85.1 cm³/mol. The first-order valence-electron chi connectivity index (χ1n) is 8.00. The van der Waals surface area contributed by atoms with Crippen molar-refractivity contribution in [1.29, 1.82) is 0 Å². The van der Waals surface area contributed by atoms with Gasteiger partial charge in [-0.05, 0) is 109 Å². The molecule has 0 amide bonds. The maximum Gasteiger partial charge on any atom is 0.137 e. The van der Waals surface area contributed by atoms with Crippen LogP contribution >= 0.6 is 15.9 Å². The molecule has 2 heteroatoms. The van der Waals surface area contributed by atoms with Crippen molar-refractivity contribution >= 4 is 15.9 Å². The molecule has 0 heterocycles. The fourth-order valence-corrected chi connectivity index (χ4v) is 4.36. The van der Waals surface area contributed by atoms with E-state index in [0.717, 1.165) is 11.8 Å². The minimum absolute atomic E-state index is 0.118. The molecule has 1 aromatic rings. The van der Waals surface area contributed by atoms with Crippen molar-refractivity contribution in [3.63, 3.8) is 0 Å². The molecule has 20 heavy (non-hydrogen) atoms. The van der Waals surface area contributed by atoms with Gasteiger partial charge in [0.1, 0.15) is 5.82 Å². The highest BCUT2D eigenvalue weighted by Crippen LogP contribution is 2.43. The monoisotopic (exact) mass is 337 g/mol. The van der Waals surface area contributed by atoms with Crippen LogP contribution in [0, 0.1) is 24.1 Å². The van der Waals surface area contributed by atoms with Gasteiger partial charge in [0.2, 0.25) is 0 Å². The summed E-state index contributed by atoms with van der Waals surface area (Å²) in [6, 6.07) is 5.67. The van der Waals surface area contributed by atoms with E-state index in [4.69, 9.17) is 0 Å². The van der Waals surface area contributed by atoms with Crippen molar-refractivity contribution in [2.45, 2.75) is 57.3 Å². The Labute approximate surface area is 130 Å². The summed E-state index contributed by atoms with van der Waals surface area (Å²) in [5.74, 6) is 2.35. The van der Waals surface area contributed by atoms with Crippen LogP contribution in [0.25, 0.3) is 0 Å². The lowest BCUT2D eigenvalue weighted by molar-refractivity contribution is 0.199. The van der Waals surface area contributed by atoms with Gasteiger partial charge in [-0.2, -0.15) is 0 Å². The van der Waals surface area contributed by atoms with Gasteiger partial charge in [0.05, 0.1) is 4.47 Å². The van der Waals surface area contributed by atoms with Crippen molar-refractivity contribution in [3.8, 4) is 0 Å². The standard InChI is InChI=1S/C18H23BrF/c19-17-11-10-16(12-18(17)20)15-8-6-14(7-9-15)13-4-2-1-3-5-13/h1,10-15H,2-9H2/t14-,15-. The number of benzene rings is 1. The average Bonchev–Trinajstić information content (AvgIpc) is 2.51. The Morgan fingerprint density at radius 2 is 1.55 bits per heavy atom. The molecule has 0 aromatic heterocycles. The molecule has 0 nitrogen and oxygen atoms in total. The maximum absolute atomic E-state index is 13.7. The largest absolute Gasteiger partial charge is 0.206 e. The third-order valence-electron chi connectivity index (χ3n) is 5.34.